The van der Waals surface area contributed by atoms with E-state index >= 15 is 0 Å². The first kappa shape index (κ1) is 18.4. The van der Waals surface area contributed by atoms with Crippen molar-refractivity contribution in [2.45, 2.75) is 19.6 Å². The Kier molecular flexibility index (Phi) is 5.61. The van der Waals surface area contributed by atoms with Crippen molar-refractivity contribution in [2.75, 3.05) is 6.61 Å². The van der Waals surface area contributed by atoms with Crippen LogP contribution in [-0.2, 0) is 11.2 Å². The van der Waals surface area contributed by atoms with Crippen molar-refractivity contribution in [1.82, 2.24) is 0 Å². The van der Waals surface area contributed by atoms with E-state index in [9.17, 15) is 18.7 Å². The van der Waals surface area contributed by atoms with Gasteiger partial charge in [0, 0.05) is 23.5 Å². The fourth-order valence-electron chi connectivity index (χ4n) is 2.57. The van der Waals surface area contributed by atoms with E-state index in [0.717, 1.165) is 17.4 Å². The van der Waals surface area contributed by atoms with Crippen molar-refractivity contribution in [3.05, 3.63) is 70.5 Å². The van der Waals surface area contributed by atoms with Gasteiger partial charge in [0.15, 0.2) is 23.7 Å². The summed E-state index contributed by atoms with van der Waals surface area (Å²) in [7, 11) is 0. The molecule has 3 aromatic rings. The minimum absolute atomic E-state index is 0.0344. The summed E-state index contributed by atoms with van der Waals surface area (Å²) in [5.74, 6) is -2.20. The molecule has 0 saturated heterocycles. The lowest BCUT2D eigenvalue weighted by atomic mass is 10.1. The van der Waals surface area contributed by atoms with Crippen molar-refractivity contribution < 1.29 is 27.8 Å². The van der Waals surface area contributed by atoms with Gasteiger partial charge in [0.2, 0.25) is 5.78 Å². The molecule has 1 N–H and O–H groups in total. The molecule has 0 aliphatic heterocycles. The van der Waals surface area contributed by atoms with Crippen LogP contribution in [0.1, 0.15) is 27.9 Å². The van der Waals surface area contributed by atoms with Crippen molar-refractivity contribution in [3.8, 4) is 10.4 Å². The standard InChI is InChI=1S/C19H16F2O4S/c1-2-24-16(22)10-11-9-15(18(23)14-7-4-8-25-14)26-19(11)12-5-3-6-13(20)17(12)21/h3-9,16,22H,2,10H2,1H3. The molecule has 0 fully saturated rings. The maximum absolute atomic E-state index is 14.3. The number of hydrogen-bond acceptors (Lipinski definition) is 5. The van der Waals surface area contributed by atoms with E-state index in [4.69, 9.17) is 9.15 Å². The minimum atomic E-state index is -1.11. The SMILES string of the molecule is CCOC(O)Cc1cc(C(=O)c2ccco2)sc1-c1cccc(F)c1F. The number of furan rings is 1. The van der Waals surface area contributed by atoms with Gasteiger partial charge in [-0.15, -0.1) is 11.3 Å². The van der Waals surface area contributed by atoms with Crippen LogP contribution in [0.2, 0.25) is 0 Å². The highest BCUT2D eigenvalue weighted by molar-refractivity contribution is 7.17. The summed E-state index contributed by atoms with van der Waals surface area (Å²) in [6.07, 6.45) is 0.311. The van der Waals surface area contributed by atoms with E-state index in [1.54, 1.807) is 19.1 Å². The van der Waals surface area contributed by atoms with Gasteiger partial charge in [-0.3, -0.25) is 4.79 Å². The maximum atomic E-state index is 14.3. The van der Waals surface area contributed by atoms with Crippen molar-refractivity contribution in [1.29, 1.82) is 0 Å². The van der Waals surface area contributed by atoms with Crippen LogP contribution in [0, 0.1) is 11.6 Å². The molecule has 4 nitrogen and oxygen atoms in total. The van der Waals surface area contributed by atoms with Crippen LogP contribution in [0.3, 0.4) is 0 Å². The van der Waals surface area contributed by atoms with Crippen molar-refractivity contribution >= 4 is 17.1 Å². The Bertz CT molecular complexity index is 902. The molecule has 1 unspecified atom stereocenters. The largest absolute Gasteiger partial charge is 0.461 e. The number of halogens is 2. The van der Waals surface area contributed by atoms with Crippen LogP contribution in [0.25, 0.3) is 10.4 Å². The molecule has 136 valence electrons. The predicted molar refractivity (Wildman–Crippen MR) is 93.1 cm³/mol. The van der Waals surface area contributed by atoms with Crippen molar-refractivity contribution in [3.63, 3.8) is 0 Å². The second-order valence-corrected chi connectivity index (χ2v) is 6.54. The fraction of sp³-hybridized carbons (Fsp3) is 0.211. The Morgan fingerprint density at radius 3 is 2.81 bits per heavy atom. The minimum Gasteiger partial charge on any atom is -0.461 e. The van der Waals surface area contributed by atoms with Gasteiger partial charge in [0.1, 0.15) is 0 Å². The van der Waals surface area contributed by atoms with Crippen LogP contribution in [0.5, 0.6) is 0 Å². The molecule has 0 spiro atoms. The highest BCUT2D eigenvalue weighted by Crippen LogP contribution is 2.37. The molecule has 3 rings (SSSR count). The predicted octanol–water partition coefficient (Wildman–Crippen LogP) is 4.41. The molecule has 26 heavy (non-hydrogen) atoms. The number of ketones is 1. The molecule has 0 aliphatic carbocycles. The number of aliphatic hydroxyl groups excluding tert-OH is 1. The second kappa shape index (κ2) is 7.90. The third-order valence-electron chi connectivity index (χ3n) is 3.73. The Hall–Kier alpha value is -2.35. The lowest BCUT2D eigenvalue weighted by Crippen LogP contribution is -2.15. The van der Waals surface area contributed by atoms with Crippen molar-refractivity contribution in [2.24, 2.45) is 0 Å². The first-order valence-corrected chi connectivity index (χ1v) is 8.77. The fourth-order valence-corrected chi connectivity index (χ4v) is 3.72. The highest BCUT2D eigenvalue weighted by Gasteiger charge is 2.23. The lowest BCUT2D eigenvalue weighted by Gasteiger charge is -2.11. The molecule has 0 saturated carbocycles. The van der Waals surface area contributed by atoms with E-state index in [1.165, 1.54) is 24.5 Å². The first-order chi connectivity index (χ1) is 12.5. The monoisotopic (exact) mass is 378 g/mol. The summed E-state index contributed by atoms with van der Waals surface area (Å²) >= 11 is 1.02. The Labute approximate surface area is 152 Å². The summed E-state index contributed by atoms with van der Waals surface area (Å²) in [5.41, 5.74) is 0.530. The maximum Gasteiger partial charge on any atom is 0.238 e. The zero-order valence-corrected chi connectivity index (χ0v) is 14.7. The molecule has 0 aliphatic rings. The summed E-state index contributed by atoms with van der Waals surface area (Å²) in [6.45, 7) is 2.03. The topological polar surface area (TPSA) is 59.7 Å². The smallest absolute Gasteiger partial charge is 0.238 e. The number of thiophene rings is 1. The number of aliphatic hydroxyl groups is 1. The summed E-state index contributed by atoms with van der Waals surface area (Å²) < 4.78 is 38.2. The third kappa shape index (κ3) is 3.75. The highest BCUT2D eigenvalue weighted by atomic mass is 32.1. The molecule has 2 heterocycles. The van der Waals surface area contributed by atoms with Crippen LogP contribution in [0.4, 0.5) is 8.78 Å². The zero-order valence-electron chi connectivity index (χ0n) is 13.9. The van der Waals surface area contributed by atoms with Crippen LogP contribution >= 0.6 is 11.3 Å². The van der Waals surface area contributed by atoms with Gasteiger partial charge in [0.25, 0.3) is 0 Å². The van der Waals surface area contributed by atoms with Gasteiger partial charge < -0.3 is 14.3 Å². The Morgan fingerprint density at radius 2 is 2.12 bits per heavy atom. The van der Waals surface area contributed by atoms with Gasteiger partial charge in [-0.05, 0) is 36.8 Å². The molecule has 0 radical (unpaired) electrons. The van der Waals surface area contributed by atoms with E-state index in [0.29, 0.717) is 21.9 Å². The average Bonchev–Trinajstić information content (AvgIpc) is 3.27. The Balaban J connectivity index is 2.05. The number of hydrogen-bond donors (Lipinski definition) is 1. The zero-order chi connectivity index (χ0) is 18.7. The lowest BCUT2D eigenvalue weighted by molar-refractivity contribution is -0.0926. The van der Waals surface area contributed by atoms with Gasteiger partial charge in [-0.25, -0.2) is 8.78 Å². The van der Waals surface area contributed by atoms with Crippen LogP contribution < -0.4 is 0 Å². The summed E-state index contributed by atoms with van der Waals surface area (Å²) in [5, 5.41) is 9.94. The molecular weight excluding hydrogens is 362 g/mol. The quantitative estimate of drug-likeness (QED) is 0.489. The molecule has 0 amide bonds. The summed E-state index contributed by atoms with van der Waals surface area (Å²) in [4.78, 5) is 13.2. The number of carbonyl (C=O) groups excluding carboxylic acids is 1. The average molecular weight is 378 g/mol. The number of rotatable bonds is 7. The molecule has 2 aromatic heterocycles. The Morgan fingerprint density at radius 1 is 1.31 bits per heavy atom. The normalized spacial score (nSPS) is 12.3. The molecule has 1 aromatic carbocycles. The molecular formula is C19H16F2O4S. The molecule has 7 heteroatoms. The summed E-state index contributed by atoms with van der Waals surface area (Å²) in [6, 6.07) is 8.52. The van der Waals surface area contributed by atoms with Gasteiger partial charge in [-0.1, -0.05) is 12.1 Å². The van der Waals surface area contributed by atoms with Gasteiger partial charge in [-0.2, -0.15) is 0 Å². The number of carbonyl (C=O) groups is 1. The number of ether oxygens (including phenoxy) is 1. The van der Waals surface area contributed by atoms with E-state index in [-0.39, 0.29) is 23.5 Å². The third-order valence-corrected chi connectivity index (χ3v) is 4.94. The first-order valence-electron chi connectivity index (χ1n) is 7.96. The van der Waals surface area contributed by atoms with Gasteiger partial charge >= 0.3 is 0 Å². The number of benzene rings is 1. The second-order valence-electron chi connectivity index (χ2n) is 5.49. The van der Waals surface area contributed by atoms with Gasteiger partial charge in [0.05, 0.1) is 11.1 Å². The van der Waals surface area contributed by atoms with Crippen LogP contribution in [0.15, 0.2) is 47.1 Å². The van der Waals surface area contributed by atoms with E-state index in [1.807, 2.05) is 0 Å². The van der Waals surface area contributed by atoms with Crippen LogP contribution in [-0.4, -0.2) is 23.8 Å². The van der Waals surface area contributed by atoms with E-state index < -0.39 is 17.9 Å². The molecule has 0 bridgehead atoms. The van der Waals surface area contributed by atoms with E-state index in [2.05, 4.69) is 0 Å². The molecule has 1 atom stereocenters.